The molecule has 2 aromatic heterocycles. The van der Waals surface area contributed by atoms with E-state index in [0.717, 1.165) is 18.7 Å². The molecule has 1 fully saturated rings. The molecular formula is C12H13ClN4OS. The number of rotatable bonds is 3. The maximum Gasteiger partial charge on any atom is 0.228 e. The third-order valence-corrected chi connectivity index (χ3v) is 4.20. The van der Waals surface area contributed by atoms with E-state index in [9.17, 15) is 0 Å². The molecule has 19 heavy (non-hydrogen) atoms. The maximum atomic E-state index is 5.80. The SMILES string of the molecule is Clc1ccc(-c2noc(CC3CSCCN3)n2)nc1. The van der Waals surface area contributed by atoms with Crippen LogP contribution in [0, 0.1) is 0 Å². The summed E-state index contributed by atoms with van der Waals surface area (Å²) in [6, 6.07) is 3.95. The molecule has 3 heterocycles. The Morgan fingerprint density at radius 2 is 2.42 bits per heavy atom. The van der Waals surface area contributed by atoms with E-state index in [-0.39, 0.29) is 0 Å². The number of nitrogens with zero attached hydrogens (tertiary/aromatic N) is 3. The first-order valence-corrected chi connectivity index (χ1v) is 7.60. The number of hydrogen-bond donors (Lipinski definition) is 1. The van der Waals surface area contributed by atoms with E-state index in [1.165, 1.54) is 5.75 Å². The molecule has 0 amide bonds. The van der Waals surface area contributed by atoms with E-state index in [2.05, 4.69) is 20.4 Å². The predicted molar refractivity (Wildman–Crippen MR) is 75.4 cm³/mol. The Morgan fingerprint density at radius 3 is 3.16 bits per heavy atom. The minimum absolute atomic E-state index is 0.408. The van der Waals surface area contributed by atoms with Crippen LogP contribution in [-0.4, -0.2) is 39.2 Å². The first-order valence-electron chi connectivity index (χ1n) is 6.07. The predicted octanol–water partition coefficient (Wildman–Crippen LogP) is 2.03. The van der Waals surface area contributed by atoms with Gasteiger partial charge < -0.3 is 9.84 Å². The summed E-state index contributed by atoms with van der Waals surface area (Å²) in [7, 11) is 0. The van der Waals surface area contributed by atoms with E-state index >= 15 is 0 Å². The third kappa shape index (κ3) is 3.26. The van der Waals surface area contributed by atoms with Gasteiger partial charge in [-0.15, -0.1) is 0 Å². The summed E-state index contributed by atoms with van der Waals surface area (Å²) in [5.41, 5.74) is 0.672. The molecule has 1 aliphatic heterocycles. The van der Waals surface area contributed by atoms with Gasteiger partial charge in [-0.1, -0.05) is 16.8 Å². The first-order chi connectivity index (χ1) is 9.31. The Hall–Kier alpha value is -1.11. The molecule has 0 saturated carbocycles. The van der Waals surface area contributed by atoms with Gasteiger partial charge in [-0.05, 0) is 12.1 Å². The van der Waals surface area contributed by atoms with Gasteiger partial charge in [-0.3, -0.25) is 4.98 Å². The fourth-order valence-corrected chi connectivity index (χ4v) is 2.97. The summed E-state index contributed by atoms with van der Waals surface area (Å²) >= 11 is 7.74. The minimum Gasteiger partial charge on any atom is -0.339 e. The molecule has 1 aliphatic rings. The standard InChI is InChI=1S/C12H13ClN4OS/c13-8-1-2-10(15-6-8)12-16-11(18-17-12)5-9-7-19-4-3-14-9/h1-2,6,9,14H,3-5,7H2. The quantitative estimate of drug-likeness (QED) is 0.935. The van der Waals surface area contributed by atoms with Crippen molar-refractivity contribution in [1.82, 2.24) is 20.4 Å². The van der Waals surface area contributed by atoms with Crippen molar-refractivity contribution in [2.24, 2.45) is 0 Å². The fraction of sp³-hybridized carbons (Fsp3) is 0.417. The topological polar surface area (TPSA) is 63.8 Å². The molecule has 0 radical (unpaired) electrons. The van der Waals surface area contributed by atoms with Crippen molar-refractivity contribution >= 4 is 23.4 Å². The fourth-order valence-electron chi connectivity index (χ4n) is 1.91. The highest BCUT2D eigenvalue weighted by Gasteiger charge is 2.17. The van der Waals surface area contributed by atoms with Gasteiger partial charge in [0.05, 0.1) is 5.02 Å². The number of thioether (sulfide) groups is 1. The highest BCUT2D eigenvalue weighted by atomic mass is 35.5. The molecule has 0 spiro atoms. The van der Waals surface area contributed by atoms with Gasteiger partial charge in [-0.25, -0.2) is 0 Å². The van der Waals surface area contributed by atoms with Gasteiger partial charge in [0.1, 0.15) is 5.69 Å². The lowest BCUT2D eigenvalue weighted by molar-refractivity contribution is 0.363. The normalized spacial score (nSPS) is 19.5. The second-order valence-electron chi connectivity index (χ2n) is 4.30. The highest BCUT2D eigenvalue weighted by molar-refractivity contribution is 7.99. The molecule has 3 rings (SSSR count). The molecule has 0 aromatic carbocycles. The molecule has 0 aliphatic carbocycles. The molecule has 1 N–H and O–H groups in total. The molecule has 1 saturated heterocycles. The summed E-state index contributed by atoms with van der Waals surface area (Å²) in [6.07, 6.45) is 2.33. The van der Waals surface area contributed by atoms with Crippen LogP contribution in [0.3, 0.4) is 0 Å². The second-order valence-corrected chi connectivity index (χ2v) is 5.89. The van der Waals surface area contributed by atoms with Crippen molar-refractivity contribution in [1.29, 1.82) is 0 Å². The molecule has 0 bridgehead atoms. The van der Waals surface area contributed by atoms with Crippen LogP contribution in [0.15, 0.2) is 22.9 Å². The molecule has 5 nitrogen and oxygen atoms in total. The van der Waals surface area contributed by atoms with Crippen molar-refractivity contribution < 1.29 is 4.52 Å². The lowest BCUT2D eigenvalue weighted by Crippen LogP contribution is -2.38. The Labute approximate surface area is 120 Å². The third-order valence-electron chi connectivity index (χ3n) is 2.84. The Balaban J connectivity index is 1.70. The van der Waals surface area contributed by atoms with Gasteiger partial charge in [0.25, 0.3) is 0 Å². The van der Waals surface area contributed by atoms with Gasteiger partial charge in [0.2, 0.25) is 11.7 Å². The van der Waals surface area contributed by atoms with E-state index in [0.29, 0.717) is 28.5 Å². The molecule has 1 unspecified atom stereocenters. The average molecular weight is 297 g/mol. The summed E-state index contributed by atoms with van der Waals surface area (Å²) in [6.45, 7) is 1.04. The Morgan fingerprint density at radius 1 is 1.47 bits per heavy atom. The van der Waals surface area contributed by atoms with Crippen LogP contribution < -0.4 is 5.32 Å². The van der Waals surface area contributed by atoms with Gasteiger partial charge in [0.15, 0.2) is 0 Å². The van der Waals surface area contributed by atoms with Gasteiger partial charge in [-0.2, -0.15) is 16.7 Å². The van der Waals surface area contributed by atoms with Gasteiger partial charge in [0, 0.05) is 36.7 Å². The van der Waals surface area contributed by atoms with Crippen LogP contribution >= 0.6 is 23.4 Å². The zero-order valence-corrected chi connectivity index (χ0v) is 11.7. The van der Waals surface area contributed by atoms with Crippen LogP contribution in [0.1, 0.15) is 5.89 Å². The number of aromatic nitrogens is 3. The van der Waals surface area contributed by atoms with Crippen molar-refractivity contribution in [3.05, 3.63) is 29.2 Å². The van der Waals surface area contributed by atoms with Crippen LogP contribution in [0.25, 0.3) is 11.5 Å². The average Bonchev–Trinajstić information content (AvgIpc) is 2.89. The van der Waals surface area contributed by atoms with E-state index in [4.69, 9.17) is 16.1 Å². The van der Waals surface area contributed by atoms with Crippen molar-refractivity contribution in [3.8, 4) is 11.5 Å². The molecule has 1 atom stereocenters. The van der Waals surface area contributed by atoms with E-state index in [1.54, 1.807) is 18.3 Å². The van der Waals surface area contributed by atoms with Crippen molar-refractivity contribution in [3.63, 3.8) is 0 Å². The maximum absolute atomic E-state index is 5.80. The van der Waals surface area contributed by atoms with Crippen LogP contribution in [0.4, 0.5) is 0 Å². The lowest BCUT2D eigenvalue weighted by Gasteiger charge is -2.21. The van der Waals surface area contributed by atoms with Crippen molar-refractivity contribution in [2.75, 3.05) is 18.1 Å². The molecule has 7 heteroatoms. The molecular weight excluding hydrogens is 284 g/mol. The number of halogens is 1. The summed E-state index contributed by atoms with van der Waals surface area (Å²) in [5, 5.41) is 7.99. The van der Waals surface area contributed by atoms with Crippen LogP contribution in [0.2, 0.25) is 5.02 Å². The number of nitrogens with one attached hydrogen (secondary N) is 1. The zero-order valence-electron chi connectivity index (χ0n) is 10.2. The van der Waals surface area contributed by atoms with Crippen LogP contribution in [-0.2, 0) is 6.42 Å². The summed E-state index contributed by atoms with van der Waals surface area (Å²) in [5.74, 6) is 3.40. The number of pyridine rings is 1. The molecule has 2 aromatic rings. The van der Waals surface area contributed by atoms with E-state index in [1.807, 2.05) is 11.8 Å². The number of hydrogen-bond acceptors (Lipinski definition) is 6. The summed E-state index contributed by atoms with van der Waals surface area (Å²) in [4.78, 5) is 8.54. The largest absolute Gasteiger partial charge is 0.339 e. The Kier molecular flexibility index (Phi) is 4.00. The minimum atomic E-state index is 0.408. The monoisotopic (exact) mass is 296 g/mol. The highest BCUT2D eigenvalue weighted by Crippen LogP contribution is 2.17. The zero-order chi connectivity index (χ0) is 13.1. The van der Waals surface area contributed by atoms with Gasteiger partial charge >= 0.3 is 0 Å². The first kappa shape index (κ1) is 12.9. The van der Waals surface area contributed by atoms with E-state index < -0.39 is 0 Å². The van der Waals surface area contributed by atoms with Crippen molar-refractivity contribution in [2.45, 2.75) is 12.5 Å². The Bertz CT molecular complexity index is 539. The van der Waals surface area contributed by atoms with Crippen LogP contribution in [0.5, 0.6) is 0 Å². The molecule has 100 valence electrons. The summed E-state index contributed by atoms with van der Waals surface area (Å²) < 4.78 is 5.27. The lowest BCUT2D eigenvalue weighted by atomic mass is 10.2. The second kappa shape index (κ2) is 5.90. The smallest absolute Gasteiger partial charge is 0.228 e.